The van der Waals surface area contributed by atoms with Crippen LogP contribution in [0.25, 0.3) is 0 Å². The van der Waals surface area contributed by atoms with Gasteiger partial charge in [0.1, 0.15) is 0 Å². The van der Waals surface area contributed by atoms with Gasteiger partial charge in [-0.3, -0.25) is 14.1 Å². The molecule has 0 fully saturated rings. The van der Waals surface area contributed by atoms with E-state index in [2.05, 4.69) is 0 Å². The average Bonchev–Trinajstić information content (AvgIpc) is 2.25. The van der Waals surface area contributed by atoms with Gasteiger partial charge in [-0.1, -0.05) is 24.3 Å². The molecule has 0 aliphatic heterocycles. The number of ketones is 2. The van der Waals surface area contributed by atoms with Gasteiger partial charge in [-0.15, -0.1) is 0 Å². The Bertz CT molecular complexity index is 622. The van der Waals surface area contributed by atoms with Crippen LogP contribution in [0.3, 0.4) is 0 Å². The van der Waals surface area contributed by atoms with Crippen molar-refractivity contribution in [1.82, 2.24) is 0 Å². The fourth-order valence-corrected chi connectivity index (χ4v) is 2.56. The summed E-state index contributed by atoms with van der Waals surface area (Å²) < 4.78 is 29.6. The van der Waals surface area contributed by atoms with E-state index in [0.717, 1.165) is 6.92 Å². The van der Waals surface area contributed by atoms with E-state index in [4.69, 9.17) is 4.55 Å². The van der Waals surface area contributed by atoms with Crippen molar-refractivity contribution in [3.8, 4) is 0 Å². The van der Waals surface area contributed by atoms with Gasteiger partial charge in [0.15, 0.2) is 16.3 Å². The van der Waals surface area contributed by atoms with E-state index in [9.17, 15) is 18.0 Å². The summed E-state index contributed by atoms with van der Waals surface area (Å²) in [7, 11) is -4.62. The number of fused-ring (bicyclic) bond motifs is 1. The monoisotopic (exact) mass is 294 g/mol. The molecule has 92 valence electrons. The quantitative estimate of drug-likeness (QED) is 0.600. The van der Waals surface area contributed by atoms with Crippen LogP contribution in [0.15, 0.2) is 24.3 Å². The number of hydrogen-bond acceptors (Lipinski definition) is 4. The molecule has 18 heavy (non-hydrogen) atoms. The number of Topliss-reactive ketones (excluding diaryl/α,β-unsaturated/α-hetero) is 2. The zero-order valence-corrected chi connectivity index (χ0v) is 9.82. The molecule has 2 rings (SSSR count). The molecule has 0 radical (unpaired) electrons. The van der Waals surface area contributed by atoms with E-state index in [1.807, 2.05) is 0 Å². The Kier molecular flexibility index (Phi) is 4.70. The third kappa shape index (κ3) is 2.40. The molecule has 1 unspecified atom stereocenters. The number of hydrogen-bond donors (Lipinski definition) is 1. The SMILES string of the molecule is CC1(S(=O)(=O)O)CC(=O)c2ccccc2C1=O.[KH]. The van der Waals surface area contributed by atoms with Crippen LogP contribution >= 0.6 is 0 Å². The van der Waals surface area contributed by atoms with E-state index in [-0.39, 0.29) is 62.5 Å². The van der Waals surface area contributed by atoms with Crippen LogP contribution in [0, 0.1) is 0 Å². The number of rotatable bonds is 1. The van der Waals surface area contributed by atoms with Crippen molar-refractivity contribution in [3.63, 3.8) is 0 Å². The van der Waals surface area contributed by atoms with Crippen LogP contribution in [0.2, 0.25) is 0 Å². The zero-order valence-electron chi connectivity index (χ0n) is 9.00. The molecule has 1 atom stereocenters. The first-order valence-corrected chi connectivity index (χ1v) is 6.35. The summed E-state index contributed by atoms with van der Waals surface area (Å²) in [6, 6.07) is 6.00. The molecule has 1 aromatic carbocycles. The van der Waals surface area contributed by atoms with E-state index in [1.165, 1.54) is 12.1 Å². The van der Waals surface area contributed by atoms with Gasteiger partial charge in [-0.05, 0) is 6.92 Å². The van der Waals surface area contributed by atoms with Gasteiger partial charge in [0, 0.05) is 17.5 Å². The molecule has 0 saturated carbocycles. The second-order valence-electron chi connectivity index (χ2n) is 4.18. The Morgan fingerprint density at radius 3 is 2.17 bits per heavy atom. The summed E-state index contributed by atoms with van der Waals surface area (Å²) in [5.74, 6) is -1.20. The van der Waals surface area contributed by atoms with Gasteiger partial charge in [0.25, 0.3) is 10.1 Å². The molecule has 1 aliphatic rings. The van der Waals surface area contributed by atoms with E-state index >= 15 is 0 Å². The summed E-state index contributed by atoms with van der Waals surface area (Å²) in [5.41, 5.74) is 0.252. The van der Waals surface area contributed by atoms with Crippen molar-refractivity contribution in [2.75, 3.05) is 0 Å². The van der Waals surface area contributed by atoms with Crippen LogP contribution in [-0.4, -0.2) is 80.7 Å². The number of benzene rings is 1. The predicted octanol–water partition coefficient (Wildman–Crippen LogP) is 0.454. The van der Waals surface area contributed by atoms with Gasteiger partial charge >= 0.3 is 51.4 Å². The Morgan fingerprint density at radius 1 is 1.17 bits per heavy atom. The fourth-order valence-electron chi connectivity index (χ4n) is 1.90. The van der Waals surface area contributed by atoms with Crippen molar-refractivity contribution in [3.05, 3.63) is 35.4 Å². The first-order chi connectivity index (χ1) is 7.77. The van der Waals surface area contributed by atoms with E-state index < -0.39 is 32.9 Å². The molecule has 0 amide bonds. The van der Waals surface area contributed by atoms with Gasteiger partial charge in [-0.25, -0.2) is 0 Å². The summed E-state index contributed by atoms with van der Waals surface area (Å²) in [6.07, 6.45) is -0.526. The number of carbonyl (C=O) groups is 2. The maximum atomic E-state index is 12.0. The van der Waals surface area contributed by atoms with Crippen LogP contribution < -0.4 is 0 Å². The van der Waals surface area contributed by atoms with E-state index in [1.54, 1.807) is 12.1 Å². The second-order valence-corrected chi connectivity index (χ2v) is 6.03. The van der Waals surface area contributed by atoms with E-state index in [0.29, 0.717) is 0 Å². The molecular weight excluding hydrogens is 283 g/mol. The molecule has 0 aromatic heterocycles. The summed E-state index contributed by atoms with van der Waals surface area (Å²) in [5, 5.41) is 0. The van der Waals surface area contributed by atoms with Crippen molar-refractivity contribution in [1.29, 1.82) is 0 Å². The molecule has 0 spiro atoms. The molecule has 0 saturated heterocycles. The van der Waals surface area contributed by atoms with Crippen LogP contribution in [0.4, 0.5) is 0 Å². The van der Waals surface area contributed by atoms with Gasteiger partial charge in [0.2, 0.25) is 0 Å². The minimum atomic E-state index is -4.62. The van der Waals surface area contributed by atoms with Crippen LogP contribution in [0.1, 0.15) is 34.1 Å². The maximum absolute atomic E-state index is 12.0. The van der Waals surface area contributed by atoms with Crippen molar-refractivity contribution in [2.45, 2.75) is 18.1 Å². The first kappa shape index (κ1) is 16.2. The van der Waals surface area contributed by atoms with Gasteiger partial charge in [-0.2, -0.15) is 8.42 Å². The van der Waals surface area contributed by atoms with Gasteiger partial charge in [0.05, 0.1) is 0 Å². The summed E-state index contributed by atoms with van der Waals surface area (Å²) in [4.78, 5) is 23.8. The Balaban J connectivity index is 0.00000162. The fraction of sp³-hybridized carbons (Fsp3) is 0.273. The number of carbonyl (C=O) groups excluding carboxylic acids is 2. The van der Waals surface area contributed by atoms with Gasteiger partial charge < -0.3 is 0 Å². The molecule has 1 aliphatic carbocycles. The topological polar surface area (TPSA) is 88.5 Å². The zero-order chi connectivity index (χ0) is 12.8. The molecule has 5 nitrogen and oxygen atoms in total. The molecule has 7 heteroatoms. The third-order valence-corrected chi connectivity index (χ3v) is 4.49. The average molecular weight is 294 g/mol. The van der Waals surface area contributed by atoms with Crippen molar-refractivity contribution in [2.24, 2.45) is 0 Å². The predicted molar refractivity (Wildman–Crippen MR) is 66.8 cm³/mol. The van der Waals surface area contributed by atoms with Crippen LogP contribution in [-0.2, 0) is 10.1 Å². The second kappa shape index (κ2) is 5.24. The molecule has 0 bridgehead atoms. The summed E-state index contributed by atoms with van der Waals surface area (Å²) in [6.45, 7) is 1.07. The van der Waals surface area contributed by atoms with Crippen molar-refractivity contribution < 1.29 is 22.6 Å². The Morgan fingerprint density at radius 2 is 1.67 bits per heavy atom. The standard InChI is InChI=1S/C11H10O5S.K.H/c1-11(17(14,15)16)6-9(12)7-4-2-3-5-8(7)10(11)13;;/h2-5H,6H2,1H3,(H,14,15,16);;. The van der Waals surface area contributed by atoms with Crippen molar-refractivity contribution >= 4 is 73.1 Å². The molecular formula is C11H11KO5S. The molecule has 0 heterocycles. The minimum absolute atomic E-state index is 0. The Labute approximate surface area is 147 Å². The summed E-state index contributed by atoms with van der Waals surface area (Å²) >= 11 is 0. The Hall–Kier alpha value is 0.106. The first-order valence-electron chi connectivity index (χ1n) is 4.91. The third-order valence-electron chi connectivity index (χ3n) is 3.02. The molecule has 1 aromatic rings. The molecule has 1 N–H and O–H groups in total. The normalized spacial score (nSPS) is 23.2. The van der Waals surface area contributed by atoms with Crippen LogP contribution in [0.5, 0.6) is 0 Å².